The van der Waals surface area contributed by atoms with Crippen molar-refractivity contribution in [2.24, 2.45) is 5.92 Å². The van der Waals surface area contributed by atoms with E-state index in [2.05, 4.69) is 16.1 Å². The third-order valence-corrected chi connectivity index (χ3v) is 7.52. The summed E-state index contributed by atoms with van der Waals surface area (Å²) in [6.45, 7) is 3.59. The van der Waals surface area contributed by atoms with Gasteiger partial charge in [0.15, 0.2) is 6.10 Å². The highest BCUT2D eigenvalue weighted by Gasteiger charge is 2.40. The van der Waals surface area contributed by atoms with Crippen molar-refractivity contribution >= 4 is 40.7 Å². The number of ether oxygens (including phenoxy) is 3. The van der Waals surface area contributed by atoms with Gasteiger partial charge >= 0.3 is 5.97 Å². The quantitative estimate of drug-likeness (QED) is 0.430. The number of hydrogen-bond acceptors (Lipinski definition) is 9. The van der Waals surface area contributed by atoms with E-state index >= 15 is 0 Å². The van der Waals surface area contributed by atoms with Gasteiger partial charge in [0, 0.05) is 17.8 Å². The molecule has 1 saturated carbocycles. The van der Waals surface area contributed by atoms with Crippen LogP contribution in [0.2, 0.25) is 0 Å². The first-order valence-electron chi connectivity index (χ1n) is 14.4. The van der Waals surface area contributed by atoms with Gasteiger partial charge in [-0.1, -0.05) is 30.4 Å². The van der Waals surface area contributed by atoms with E-state index in [1.807, 2.05) is 49.4 Å². The van der Waals surface area contributed by atoms with Gasteiger partial charge in [0.05, 0.1) is 23.9 Å². The minimum atomic E-state index is -1.01. The Kier molecular flexibility index (Phi) is 9.45. The molecule has 0 unspecified atom stereocenters. The van der Waals surface area contributed by atoms with Crippen LogP contribution in [0.4, 0.5) is 0 Å². The Bertz CT molecular complexity index is 1360. The second kappa shape index (κ2) is 13.4. The molecule has 42 heavy (non-hydrogen) atoms. The van der Waals surface area contributed by atoms with Gasteiger partial charge in [-0.25, -0.2) is 10.2 Å². The van der Waals surface area contributed by atoms with Crippen LogP contribution in [-0.4, -0.2) is 78.4 Å². The first-order valence-corrected chi connectivity index (χ1v) is 14.4. The third-order valence-electron chi connectivity index (χ3n) is 7.52. The van der Waals surface area contributed by atoms with Crippen molar-refractivity contribution in [2.45, 2.75) is 63.8 Å². The first kappa shape index (κ1) is 29.6. The van der Waals surface area contributed by atoms with Crippen LogP contribution in [0.1, 0.15) is 56.8 Å². The maximum absolute atomic E-state index is 13.2. The maximum atomic E-state index is 13.2. The molecule has 1 aliphatic carbocycles. The molecule has 3 heterocycles. The Morgan fingerprint density at radius 1 is 0.929 bits per heavy atom. The van der Waals surface area contributed by atoms with Crippen LogP contribution >= 0.6 is 0 Å². The zero-order chi connectivity index (χ0) is 29.6. The molecule has 2 aromatic rings. The summed E-state index contributed by atoms with van der Waals surface area (Å²) in [5.41, 5.74) is 5.45. The minimum Gasteiger partial charge on any atom is -0.450 e. The van der Waals surface area contributed by atoms with E-state index in [0.29, 0.717) is 25.1 Å². The molecular weight excluding hydrogens is 542 g/mol. The second-order valence-corrected chi connectivity index (χ2v) is 10.9. The predicted octanol–water partition coefficient (Wildman–Crippen LogP) is 1.75. The summed E-state index contributed by atoms with van der Waals surface area (Å²) in [4.78, 5) is 56.5. The topological polar surface area (TPSA) is 148 Å². The average molecular weight is 580 g/mol. The fourth-order valence-corrected chi connectivity index (χ4v) is 5.03. The van der Waals surface area contributed by atoms with Crippen molar-refractivity contribution in [1.82, 2.24) is 26.1 Å². The van der Waals surface area contributed by atoms with Crippen LogP contribution in [0.25, 0.3) is 17.0 Å². The molecule has 1 aromatic carbocycles. The number of benzene rings is 1. The number of aromatic nitrogens is 1. The number of amides is 3. The molecule has 3 aliphatic rings. The number of carbonyl (C=O) groups is 4. The number of cyclic esters (lactones) is 1. The molecule has 2 fully saturated rings. The van der Waals surface area contributed by atoms with E-state index in [1.54, 1.807) is 6.92 Å². The number of nitrogens with one attached hydrogen (secondary N) is 3. The maximum Gasteiger partial charge on any atom is 0.332 e. The highest BCUT2D eigenvalue weighted by Crippen LogP contribution is 2.34. The number of esters is 1. The fraction of sp³-hybridized carbons (Fsp3) is 0.500. The number of hydrazine groups is 1. The number of carbonyl (C=O) groups excluding carboxylic acids is 4. The Balaban J connectivity index is 1.33. The summed E-state index contributed by atoms with van der Waals surface area (Å²) in [6.07, 6.45) is 5.38. The van der Waals surface area contributed by atoms with Crippen molar-refractivity contribution in [2.75, 3.05) is 26.6 Å². The smallest absolute Gasteiger partial charge is 0.332 e. The van der Waals surface area contributed by atoms with Gasteiger partial charge in [-0.2, -0.15) is 0 Å². The molecule has 12 nitrogen and oxygen atoms in total. The minimum absolute atomic E-state index is 0.0997. The largest absolute Gasteiger partial charge is 0.450 e. The van der Waals surface area contributed by atoms with Crippen molar-refractivity contribution in [3.8, 4) is 0 Å². The summed E-state index contributed by atoms with van der Waals surface area (Å²) < 4.78 is 16.1. The molecule has 5 rings (SSSR count). The molecular formula is C30H37N5O7. The lowest BCUT2D eigenvalue weighted by atomic mass is 10.1. The van der Waals surface area contributed by atoms with Gasteiger partial charge in [-0.05, 0) is 57.2 Å². The third kappa shape index (κ3) is 7.50. The summed E-state index contributed by atoms with van der Waals surface area (Å²) in [6, 6.07) is 7.87. The lowest BCUT2D eigenvalue weighted by Crippen LogP contribution is -2.61. The van der Waals surface area contributed by atoms with Crippen molar-refractivity contribution in [3.63, 3.8) is 0 Å². The average Bonchev–Trinajstić information content (AvgIpc) is 3.83. The van der Waals surface area contributed by atoms with E-state index in [4.69, 9.17) is 19.2 Å². The molecule has 1 saturated heterocycles. The van der Waals surface area contributed by atoms with E-state index in [1.165, 1.54) is 5.01 Å². The molecule has 0 radical (unpaired) electrons. The van der Waals surface area contributed by atoms with Gasteiger partial charge in [0.25, 0.3) is 11.8 Å². The van der Waals surface area contributed by atoms with Gasteiger partial charge in [0.1, 0.15) is 25.5 Å². The SMILES string of the molecule is C[C@@H]1NC(=O)[C@H](C2CC2)OC(=O)COCOC/C=C/c2ccc3ccc(nc3c2)[C@@H](C)NC(=O)[C@@H]2CCCN(N2)C1=O. The van der Waals surface area contributed by atoms with Crippen LogP contribution in [0.3, 0.4) is 0 Å². The fourth-order valence-electron chi connectivity index (χ4n) is 5.03. The monoisotopic (exact) mass is 579 g/mol. The predicted molar refractivity (Wildman–Crippen MR) is 152 cm³/mol. The van der Waals surface area contributed by atoms with Gasteiger partial charge in [-0.3, -0.25) is 24.4 Å². The summed E-state index contributed by atoms with van der Waals surface area (Å²) >= 11 is 0. The van der Waals surface area contributed by atoms with Crippen LogP contribution in [-0.2, 0) is 33.4 Å². The molecule has 4 atom stereocenters. The molecule has 224 valence electrons. The second-order valence-electron chi connectivity index (χ2n) is 10.9. The van der Waals surface area contributed by atoms with Gasteiger partial charge in [0.2, 0.25) is 5.91 Å². The first-order chi connectivity index (χ1) is 20.3. The lowest BCUT2D eigenvalue weighted by molar-refractivity contribution is -0.165. The van der Waals surface area contributed by atoms with Crippen LogP contribution in [0.15, 0.2) is 36.4 Å². The molecule has 2 aliphatic heterocycles. The summed E-state index contributed by atoms with van der Waals surface area (Å²) in [7, 11) is 0. The number of nitrogens with zero attached hydrogens (tertiary/aromatic N) is 2. The van der Waals surface area contributed by atoms with Crippen LogP contribution in [0.5, 0.6) is 0 Å². The van der Waals surface area contributed by atoms with Crippen molar-refractivity contribution in [1.29, 1.82) is 0 Å². The Morgan fingerprint density at radius 2 is 1.71 bits per heavy atom. The van der Waals surface area contributed by atoms with Crippen LogP contribution in [0, 0.1) is 5.92 Å². The number of hydrogen-bond donors (Lipinski definition) is 3. The lowest BCUT2D eigenvalue weighted by Gasteiger charge is -2.35. The summed E-state index contributed by atoms with van der Waals surface area (Å²) in [5, 5.41) is 8.03. The van der Waals surface area contributed by atoms with E-state index in [0.717, 1.165) is 29.3 Å². The zero-order valence-corrected chi connectivity index (χ0v) is 23.8. The number of rotatable bonds is 1. The van der Waals surface area contributed by atoms with Gasteiger partial charge < -0.3 is 24.8 Å². The summed E-state index contributed by atoms with van der Waals surface area (Å²) in [5.74, 6) is -1.95. The highest BCUT2D eigenvalue weighted by atomic mass is 16.7. The zero-order valence-electron chi connectivity index (χ0n) is 23.8. The molecule has 3 amide bonds. The Labute approximate surface area is 244 Å². The van der Waals surface area contributed by atoms with E-state index < -0.39 is 30.1 Å². The number of fused-ring (bicyclic) bond motifs is 4. The van der Waals surface area contributed by atoms with Gasteiger partial charge in [-0.15, -0.1) is 0 Å². The molecule has 5 bridgehead atoms. The Hall–Kier alpha value is -3.87. The molecule has 3 N–H and O–H groups in total. The van der Waals surface area contributed by atoms with Crippen LogP contribution < -0.4 is 16.1 Å². The normalized spacial score (nSPS) is 28.0. The molecule has 0 spiro atoms. The molecule has 12 heteroatoms. The van der Waals surface area contributed by atoms with Crippen molar-refractivity contribution in [3.05, 3.63) is 47.7 Å². The standard InChI is InChI=1S/C30H37N5O7/c1-18-23-12-11-21-8-7-20(15-25(21)33-23)5-4-14-40-17-41-16-26(36)42-27(22-9-10-22)29(38)32-19(2)30(39)35-13-3-6-24(34-35)28(37)31-18/h4-5,7-8,11-12,15,18-19,22,24,27,34H,3,6,9-10,13-14,16-17H2,1-2H3,(H,31,37)(H,32,38)/b5-4+/t18-,19+,24+,27+/m1/s1. The van der Waals surface area contributed by atoms with Crippen molar-refractivity contribution < 1.29 is 33.4 Å². The van der Waals surface area contributed by atoms with E-state index in [9.17, 15) is 19.2 Å². The molecule has 1 aromatic heterocycles. The van der Waals surface area contributed by atoms with E-state index in [-0.39, 0.29) is 43.8 Å². The highest BCUT2D eigenvalue weighted by molar-refractivity contribution is 5.91. The Morgan fingerprint density at radius 3 is 2.52 bits per heavy atom. The number of pyridine rings is 1.